The first-order valence-electron chi connectivity index (χ1n) is 12.7. The molecule has 5 aromatic rings. The lowest BCUT2D eigenvalue weighted by molar-refractivity contribution is -0.115. The summed E-state index contributed by atoms with van der Waals surface area (Å²) in [5.74, 6) is 4.25. The molecule has 200 valence electrons. The molecular formula is C28H23FN8O2S. The van der Waals surface area contributed by atoms with Gasteiger partial charge in [-0.05, 0) is 61.7 Å². The molecule has 12 heteroatoms. The fraction of sp³-hybridized carbons (Fsp3) is 0.214. The number of nitrogens with one attached hydrogen (secondary N) is 2. The maximum Gasteiger partial charge on any atom is 0.296 e. The van der Waals surface area contributed by atoms with Gasteiger partial charge in [0, 0.05) is 48.1 Å². The molecule has 0 bridgehead atoms. The molecule has 40 heavy (non-hydrogen) atoms. The second-order valence-corrected chi connectivity index (χ2v) is 10.3. The van der Waals surface area contributed by atoms with Crippen molar-refractivity contribution in [3.05, 3.63) is 71.1 Å². The van der Waals surface area contributed by atoms with E-state index < -0.39 is 17.6 Å². The van der Waals surface area contributed by atoms with Gasteiger partial charge in [-0.1, -0.05) is 5.21 Å². The molecule has 1 aliphatic heterocycles. The first-order chi connectivity index (χ1) is 19.5. The molecule has 0 unspecified atom stereocenters. The van der Waals surface area contributed by atoms with E-state index >= 15 is 4.39 Å². The zero-order valence-electron chi connectivity index (χ0n) is 21.4. The van der Waals surface area contributed by atoms with Crippen molar-refractivity contribution in [1.29, 1.82) is 0 Å². The third-order valence-corrected chi connectivity index (χ3v) is 7.69. The van der Waals surface area contributed by atoms with Crippen LogP contribution < -0.4 is 15.5 Å². The third kappa shape index (κ3) is 4.76. The van der Waals surface area contributed by atoms with Gasteiger partial charge in [0.1, 0.15) is 17.2 Å². The summed E-state index contributed by atoms with van der Waals surface area (Å²) >= 11 is 1.40. The SMILES string of the molecule is CNC(=O)C#Cc1cc2c(N(C(=O)c3ccc(-n4nnc5cccnc54)cc3F)[C@@H]3CCCNC3)nccc2s1. The van der Waals surface area contributed by atoms with Crippen LogP contribution >= 0.6 is 11.3 Å². The number of piperidine rings is 1. The van der Waals surface area contributed by atoms with Crippen LogP contribution in [-0.2, 0) is 4.79 Å². The average Bonchev–Trinajstić information content (AvgIpc) is 3.61. The van der Waals surface area contributed by atoms with Gasteiger partial charge >= 0.3 is 0 Å². The van der Waals surface area contributed by atoms with E-state index in [-0.39, 0.29) is 11.6 Å². The van der Waals surface area contributed by atoms with Crippen molar-refractivity contribution in [1.82, 2.24) is 35.6 Å². The van der Waals surface area contributed by atoms with Gasteiger partial charge in [0.25, 0.3) is 11.8 Å². The van der Waals surface area contributed by atoms with Gasteiger partial charge in [-0.25, -0.2) is 14.4 Å². The van der Waals surface area contributed by atoms with Crippen molar-refractivity contribution in [3.63, 3.8) is 0 Å². The van der Waals surface area contributed by atoms with Gasteiger partial charge in [-0.2, -0.15) is 4.68 Å². The van der Waals surface area contributed by atoms with E-state index in [1.54, 1.807) is 35.5 Å². The first-order valence-corrected chi connectivity index (χ1v) is 13.5. The monoisotopic (exact) mass is 554 g/mol. The maximum absolute atomic E-state index is 15.6. The normalized spacial score (nSPS) is 15.0. The highest BCUT2D eigenvalue weighted by atomic mass is 32.1. The highest BCUT2D eigenvalue weighted by Crippen LogP contribution is 2.34. The lowest BCUT2D eigenvalue weighted by Gasteiger charge is -2.34. The number of benzene rings is 1. The molecule has 10 nitrogen and oxygen atoms in total. The van der Waals surface area contributed by atoms with Crippen LogP contribution in [0.5, 0.6) is 0 Å². The van der Waals surface area contributed by atoms with Gasteiger partial charge in [0.05, 0.1) is 22.2 Å². The molecule has 1 aliphatic rings. The fourth-order valence-electron chi connectivity index (χ4n) is 4.75. The number of pyridine rings is 2. The number of fused-ring (bicyclic) bond motifs is 2. The first kappa shape index (κ1) is 25.5. The molecule has 5 heterocycles. The molecule has 2 N–H and O–H groups in total. The lowest BCUT2D eigenvalue weighted by Crippen LogP contribution is -2.49. The van der Waals surface area contributed by atoms with Crippen LogP contribution in [0.15, 0.2) is 54.9 Å². The summed E-state index contributed by atoms with van der Waals surface area (Å²) in [6.45, 7) is 1.39. The maximum atomic E-state index is 15.6. The summed E-state index contributed by atoms with van der Waals surface area (Å²) in [4.78, 5) is 36.8. The van der Waals surface area contributed by atoms with E-state index in [0.717, 1.165) is 24.1 Å². The Kier molecular flexibility index (Phi) is 6.90. The van der Waals surface area contributed by atoms with Gasteiger partial charge in [0.2, 0.25) is 0 Å². The number of nitrogens with zero attached hydrogens (tertiary/aromatic N) is 6. The van der Waals surface area contributed by atoms with E-state index in [4.69, 9.17) is 0 Å². The molecule has 4 aromatic heterocycles. The summed E-state index contributed by atoms with van der Waals surface area (Å²) in [6, 6.07) is 11.3. The van der Waals surface area contributed by atoms with E-state index in [9.17, 15) is 9.59 Å². The Morgan fingerprint density at radius 3 is 2.90 bits per heavy atom. The second kappa shape index (κ2) is 10.8. The van der Waals surface area contributed by atoms with E-state index in [0.29, 0.717) is 39.5 Å². The molecule has 0 spiro atoms. The Bertz CT molecular complexity index is 1820. The molecule has 6 rings (SSSR count). The second-order valence-electron chi connectivity index (χ2n) is 9.17. The van der Waals surface area contributed by atoms with Crippen molar-refractivity contribution in [3.8, 4) is 17.5 Å². The topological polar surface area (TPSA) is 118 Å². The quantitative estimate of drug-likeness (QED) is 0.328. The number of hydrogen-bond donors (Lipinski definition) is 2. The van der Waals surface area contributed by atoms with Crippen LogP contribution in [-0.4, -0.2) is 63.0 Å². The van der Waals surface area contributed by atoms with Crippen LogP contribution in [0.3, 0.4) is 0 Å². The Morgan fingerprint density at radius 1 is 1.20 bits per heavy atom. The predicted molar refractivity (Wildman–Crippen MR) is 150 cm³/mol. The summed E-state index contributed by atoms with van der Waals surface area (Å²) in [6.07, 6.45) is 4.84. The largest absolute Gasteiger partial charge is 0.348 e. The van der Waals surface area contributed by atoms with Crippen LogP contribution in [0, 0.1) is 17.7 Å². The standard InChI is InChI=1S/C28H23FN8O2S/c1-30-25(38)9-7-19-15-21-24(40-19)10-13-33-26(21)36(18-4-2-11-31-16-18)28(39)20-8-6-17(14-22(20)29)37-27-23(34-35-37)5-3-12-32-27/h3,5-6,8,10,12-15,18,31H,2,4,11,16H2,1H3,(H,30,38)/t18-/m1/s1. The smallest absolute Gasteiger partial charge is 0.296 e. The lowest BCUT2D eigenvalue weighted by atomic mass is 10.0. The van der Waals surface area contributed by atoms with Crippen LogP contribution in [0.4, 0.5) is 10.2 Å². The van der Waals surface area contributed by atoms with E-state index in [1.807, 2.05) is 12.1 Å². The molecule has 0 aliphatic carbocycles. The van der Waals surface area contributed by atoms with Crippen molar-refractivity contribution in [2.75, 3.05) is 25.0 Å². The molecular weight excluding hydrogens is 531 g/mol. The van der Waals surface area contributed by atoms with Crippen molar-refractivity contribution >= 4 is 50.2 Å². The number of rotatable bonds is 4. The zero-order chi connectivity index (χ0) is 27.6. The Morgan fingerprint density at radius 2 is 2.10 bits per heavy atom. The minimum Gasteiger partial charge on any atom is -0.348 e. The van der Waals surface area contributed by atoms with Crippen molar-refractivity contribution < 1.29 is 14.0 Å². The number of amides is 2. The summed E-state index contributed by atoms with van der Waals surface area (Å²) < 4.78 is 17.9. The van der Waals surface area contributed by atoms with E-state index in [2.05, 4.69) is 42.8 Å². The molecule has 1 saturated heterocycles. The van der Waals surface area contributed by atoms with Crippen LogP contribution in [0.1, 0.15) is 28.1 Å². The number of thiophene rings is 1. The summed E-state index contributed by atoms with van der Waals surface area (Å²) in [5, 5.41) is 14.7. The predicted octanol–water partition coefficient (Wildman–Crippen LogP) is 3.06. The van der Waals surface area contributed by atoms with Crippen LogP contribution in [0.25, 0.3) is 26.9 Å². The number of hydrogen-bond acceptors (Lipinski definition) is 8. The van der Waals surface area contributed by atoms with Crippen molar-refractivity contribution in [2.24, 2.45) is 0 Å². The minimum atomic E-state index is -0.689. The number of carbonyl (C=O) groups excluding carboxylic acids is 2. The number of halogens is 1. The highest BCUT2D eigenvalue weighted by molar-refractivity contribution is 7.19. The zero-order valence-corrected chi connectivity index (χ0v) is 22.2. The highest BCUT2D eigenvalue weighted by Gasteiger charge is 2.32. The van der Waals surface area contributed by atoms with Gasteiger partial charge in [-0.15, -0.1) is 16.4 Å². The minimum absolute atomic E-state index is 0.0830. The van der Waals surface area contributed by atoms with Gasteiger partial charge < -0.3 is 10.6 Å². The number of anilines is 1. The van der Waals surface area contributed by atoms with E-state index in [1.165, 1.54) is 35.2 Å². The van der Waals surface area contributed by atoms with Crippen molar-refractivity contribution in [2.45, 2.75) is 18.9 Å². The molecule has 1 fully saturated rings. The molecule has 1 aromatic carbocycles. The van der Waals surface area contributed by atoms with Gasteiger partial charge in [0.15, 0.2) is 5.65 Å². The molecule has 2 amide bonds. The Hall–Kier alpha value is -4.73. The summed E-state index contributed by atoms with van der Waals surface area (Å²) in [7, 11) is 1.52. The fourth-order valence-corrected chi connectivity index (χ4v) is 5.65. The number of aromatic nitrogens is 5. The Balaban J connectivity index is 1.41. The Labute approximate surface area is 232 Å². The number of carbonyl (C=O) groups is 2. The van der Waals surface area contributed by atoms with Crippen LogP contribution in [0.2, 0.25) is 0 Å². The summed E-state index contributed by atoms with van der Waals surface area (Å²) in [5.41, 5.74) is 1.38. The molecule has 0 radical (unpaired) electrons. The van der Waals surface area contributed by atoms with Gasteiger partial charge in [-0.3, -0.25) is 14.5 Å². The molecule has 0 saturated carbocycles. The third-order valence-electron chi connectivity index (χ3n) is 6.67. The average molecular weight is 555 g/mol. The molecule has 1 atom stereocenters.